The first-order valence-corrected chi connectivity index (χ1v) is 8.33. The largest absolute Gasteiger partial charge is 0.475 e. The summed E-state index contributed by atoms with van der Waals surface area (Å²) >= 11 is 5.52. The molecule has 26 heavy (non-hydrogen) atoms. The van der Waals surface area contributed by atoms with Gasteiger partial charge in [0.1, 0.15) is 17.9 Å². The highest BCUT2D eigenvalue weighted by Crippen LogP contribution is 2.22. The quantitative estimate of drug-likeness (QED) is 0.764. The molecule has 0 spiro atoms. The molecule has 1 unspecified atom stereocenters. The number of hydrogen-bond acceptors (Lipinski definition) is 9. The van der Waals surface area contributed by atoms with Crippen LogP contribution in [0.4, 0.5) is 11.9 Å². The summed E-state index contributed by atoms with van der Waals surface area (Å²) in [6.45, 7) is 8.30. The van der Waals surface area contributed by atoms with Gasteiger partial charge in [0, 0.05) is 17.5 Å². The van der Waals surface area contributed by atoms with Gasteiger partial charge in [-0.2, -0.15) is 4.98 Å². The molecule has 1 saturated heterocycles. The molecule has 1 fully saturated rings. The van der Waals surface area contributed by atoms with Gasteiger partial charge in [-0.25, -0.2) is 15.0 Å². The highest BCUT2D eigenvalue weighted by molar-refractivity contribution is 6.29. The van der Waals surface area contributed by atoms with Gasteiger partial charge in [0.25, 0.3) is 0 Å². The third-order valence-corrected chi connectivity index (χ3v) is 3.37. The molecule has 0 amide bonds. The number of anilines is 2. The average Bonchev–Trinajstić information content (AvgIpc) is 2.83. The standard InChI is InChI=1S/C11H17N3O3.C5H6ClN3/c1-7-4-9(14-10(12)13-7)15-5-8-6-16-11(2,3)17-8;1-3-2-4(6)9-5(7)8-3/h4,8H,5-6H2,1-3H3,(H2,12,13,14);2H,1H3,(H2,7,8,9). The molecule has 0 saturated carbocycles. The second-order valence-electron chi connectivity index (χ2n) is 6.16. The van der Waals surface area contributed by atoms with Crippen molar-refractivity contribution in [2.45, 2.75) is 39.6 Å². The fourth-order valence-corrected chi connectivity index (χ4v) is 2.46. The van der Waals surface area contributed by atoms with Crippen molar-refractivity contribution in [3.05, 3.63) is 28.7 Å². The Kier molecular flexibility index (Phi) is 6.52. The second kappa shape index (κ2) is 8.43. The van der Waals surface area contributed by atoms with Crippen molar-refractivity contribution in [2.75, 3.05) is 24.7 Å². The van der Waals surface area contributed by atoms with Crippen LogP contribution in [-0.4, -0.2) is 45.0 Å². The fourth-order valence-electron chi connectivity index (χ4n) is 2.21. The maximum Gasteiger partial charge on any atom is 0.223 e. The van der Waals surface area contributed by atoms with Crippen molar-refractivity contribution in [3.63, 3.8) is 0 Å². The summed E-state index contributed by atoms with van der Waals surface area (Å²) < 4.78 is 16.5. The van der Waals surface area contributed by atoms with Crippen LogP contribution in [-0.2, 0) is 9.47 Å². The zero-order valence-corrected chi connectivity index (χ0v) is 15.9. The van der Waals surface area contributed by atoms with Gasteiger partial charge in [-0.15, -0.1) is 0 Å². The number of aromatic nitrogens is 4. The molecule has 0 radical (unpaired) electrons. The topological polar surface area (TPSA) is 131 Å². The van der Waals surface area contributed by atoms with Gasteiger partial charge in [-0.3, -0.25) is 0 Å². The summed E-state index contributed by atoms with van der Waals surface area (Å²) in [4.78, 5) is 15.4. The van der Waals surface area contributed by atoms with Gasteiger partial charge in [-0.1, -0.05) is 11.6 Å². The summed E-state index contributed by atoms with van der Waals surface area (Å²) in [5.41, 5.74) is 12.3. The van der Waals surface area contributed by atoms with Crippen molar-refractivity contribution in [1.29, 1.82) is 0 Å². The van der Waals surface area contributed by atoms with Crippen LogP contribution in [0.25, 0.3) is 0 Å². The first kappa shape index (κ1) is 20.1. The number of halogens is 1. The van der Waals surface area contributed by atoms with Crippen LogP contribution in [0.15, 0.2) is 12.1 Å². The molecule has 0 aromatic carbocycles. The zero-order valence-electron chi connectivity index (χ0n) is 15.2. The molecule has 0 bridgehead atoms. The van der Waals surface area contributed by atoms with Gasteiger partial charge in [0.15, 0.2) is 5.79 Å². The third kappa shape index (κ3) is 6.58. The monoisotopic (exact) mass is 382 g/mol. The van der Waals surface area contributed by atoms with E-state index in [1.165, 1.54) is 0 Å². The molecule has 1 aliphatic heterocycles. The van der Waals surface area contributed by atoms with E-state index in [-0.39, 0.29) is 18.0 Å². The SMILES string of the molecule is Cc1cc(Cl)nc(N)n1.Cc1cc(OCC2COC(C)(C)O2)nc(N)n1. The third-order valence-electron chi connectivity index (χ3n) is 3.17. The summed E-state index contributed by atoms with van der Waals surface area (Å²) in [6, 6.07) is 3.38. The maximum atomic E-state index is 5.61. The Labute approximate surface area is 157 Å². The molecule has 1 atom stereocenters. The number of rotatable bonds is 3. The van der Waals surface area contributed by atoms with Crippen LogP contribution in [0.5, 0.6) is 5.88 Å². The van der Waals surface area contributed by atoms with E-state index in [1.807, 2.05) is 27.7 Å². The number of nitrogens with two attached hydrogens (primary N) is 2. The van der Waals surface area contributed by atoms with E-state index in [4.69, 9.17) is 37.3 Å². The van der Waals surface area contributed by atoms with Gasteiger partial charge in [-0.05, 0) is 33.8 Å². The van der Waals surface area contributed by atoms with Crippen LogP contribution in [0.1, 0.15) is 25.2 Å². The van der Waals surface area contributed by atoms with E-state index in [9.17, 15) is 0 Å². The predicted molar refractivity (Wildman–Crippen MR) is 97.8 cm³/mol. The lowest BCUT2D eigenvalue weighted by Crippen LogP contribution is -2.25. The van der Waals surface area contributed by atoms with E-state index in [0.29, 0.717) is 24.2 Å². The Balaban J connectivity index is 0.000000228. The molecular formula is C16H23ClN6O3. The molecule has 3 heterocycles. The summed E-state index contributed by atoms with van der Waals surface area (Å²) in [5.74, 6) is 0.362. The smallest absolute Gasteiger partial charge is 0.223 e. The van der Waals surface area contributed by atoms with Crippen LogP contribution in [0.3, 0.4) is 0 Å². The molecule has 3 rings (SSSR count). The van der Waals surface area contributed by atoms with Crippen molar-refractivity contribution in [1.82, 2.24) is 19.9 Å². The summed E-state index contributed by atoms with van der Waals surface area (Å²) in [5, 5.41) is 0.389. The van der Waals surface area contributed by atoms with E-state index in [1.54, 1.807) is 12.1 Å². The number of nitrogens with zero attached hydrogens (tertiary/aromatic N) is 4. The molecule has 0 aliphatic carbocycles. The van der Waals surface area contributed by atoms with Gasteiger partial charge < -0.3 is 25.7 Å². The Bertz CT molecular complexity index is 688. The van der Waals surface area contributed by atoms with Crippen molar-refractivity contribution in [2.24, 2.45) is 0 Å². The number of nitrogen functional groups attached to an aromatic ring is 2. The van der Waals surface area contributed by atoms with Crippen LogP contribution in [0.2, 0.25) is 5.15 Å². The molecule has 9 nitrogen and oxygen atoms in total. The van der Waals surface area contributed by atoms with E-state index in [0.717, 1.165) is 11.4 Å². The molecule has 4 N–H and O–H groups in total. The molecule has 2 aromatic rings. The maximum absolute atomic E-state index is 5.61. The number of hydrogen-bond donors (Lipinski definition) is 2. The van der Waals surface area contributed by atoms with E-state index < -0.39 is 5.79 Å². The molecule has 1 aliphatic rings. The Morgan fingerprint density at radius 2 is 1.73 bits per heavy atom. The van der Waals surface area contributed by atoms with Gasteiger partial charge >= 0.3 is 0 Å². The normalized spacial score (nSPS) is 18.1. The minimum absolute atomic E-state index is 0.0819. The summed E-state index contributed by atoms with van der Waals surface area (Å²) in [6.07, 6.45) is -0.0819. The van der Waals surface area contributed by atoms with Crippen molar-refractivity contribution >= 4 is 23.5 Å². The van der Waals surface area contributed by atoms with Crippen molar-refractivity contribution in [3.8, 4) is 5.88 Å². The molecular weight excluding hydrogens is 360 g/mol. The summed E-state index contributed by atoms with van der Waals surface area (Å²) in [7, 11) is 0. The highest BCUT2D eigenvalue weighted by Gasteiger charge is 2.33. The minimum atomic E-state index is -0.533. The molecule has 2 aromatic heterocycles. The highest BCUT2D eigenvalue weighted by atomic mass is 35.5. The number of ether oxygens (including phenoxy) is 3. The Morgan fingerprint density at radius 1 is 1.12 bits per heavy atom. The van der Waals surface area contributed by atoms with Crippen LogP contribution >= 0.6 is 11.6 Å². The Morgan fingerprint density at radius 3 is 2.23 bits per heavy atom. The van der Waals surface area contributed by atoms with Crippen molar-refractivity contribution < 1.29 is 14.2 Å². The lowest BCUT2D eigenvalue weighted by molar-refractivity contribution is -0.141. The zero-order chi connectivity index (χ0) is 19.3. The second-order valence-corrected chi connectivity index (χ2v) is 6.54. The Hall–Kier alpha value is -2.23. The predicted octanol–water partition coefficient (Wildman–Crippen LogP) is 1.92. The number of aryl methyl sites for hydroxylation is 2. The average molecular weight is 383 g/mol. The van der Waals surface area contributed by atoms with Gasteiger partial charge in [0.05, 0.1) is 6.61 Å². The fraction of sp³-hybridized carbons (Fsp3) is 0.500. The van der Waals surface area contributed by atoms with Crippen LogP contribution < -0.4 is 16.2 Å². The van der Waals surface area contributed by atoms with E-state index in [2.05, 4.69) is 19.9 Å². The lowest BCUT2D eigenvalue weighted by atomic mass is 10.4. The van der Waals surface area contributed by atoms with E-state index >= 15 is 0 Å². The first-order chi connectivity index (χ1) is 12.1. The lowest BCUT2D eigenvalue weighted by Gasteiger charge is -2.17. The van der Waals surface area contributed by atoms with Crippen LogP contribution in [0, 0.1) is 13.8 Å². The first-order valence-electron chi connectivity index (χ1n) is 7.95. The van der Waals surface area contributed by atoms with Gasteiger partial charge in [0.2, 0.25) is 17.8 Å². The molecule has 10 heteroatoms. The molecule has 142 valence electrons. The minimum Gasteiger partial charge on any atom is -0.475 e.